The van der Waals surface area contributed by atoms with Gasteiger partial charge in [0, 0.05) is 7.11 Å². The Labute approximate surface area is 62.6 Å². The number of methoxy groups -OCH3 is 1. The lowest BCUT2D eigenvalue weighted by atomic mass is 10.1. The lowest BCUT2D eigenvalue weighted by Crippen LogP contribution is -2.11. The van der Waals surface area contributed by atoms with E-state index in [1.54, 1.807) is 7.11 Å². The van der Waals surface area contributed by atoms with Crippen molar-refractivity contribution in [3.63, 3.8) is 0 Å². The summed E-state index contributed by atoms with van der Waals surface area (Å²) in [6.45, 7) is 2.13. The molecule has 0 fully saturated rings. The highest BCUT2D eigenvalue weighted by Gasteiger charge is 2.03. The monoisotopic (exact) mass is 143 g/mol. The zero-order valence-electron chi connectivity index (χ0n) is 6.72. The summed E-state index contributed by atoms with van der Waals surface area (Å²) in [7, 11) is 1.54. The summed E-state index contributed by atoms with van der Waals surface area (Å²) < 4.78 is 4.82. The Hall–Kier alpha value is -0.370. The number of rotatable bonds is 6. The van der Waals surface area contributed by atoms with Crippen LogP contribution in [0.3, 0.4) is 0 Å². The second kappa shape index (κ2) is 6.75. The Balaban J connectivity index is 3.17. The minimum atomic E-state index is -0.299. The van der Waals surface area contributed by atoms with Crippen molar-refractivity contribution in [1.82, 2.24) is 0 Å². The van der Waals surface area contributed by atoms with Crippen LogP contribution in [0.2, 0.25) is 0 Å². The molecule has 0 spiro atoms. The molecule has 0 saturated carbocycles. The van der Waals surface area contributed by atoms with Crippen LogP contribution in [0.1, 0.15) is 32.6 Å². The summed E-state index contributed by atoms with van der Waals surface area (Å²) in [4.78, 5) is 10.1. The average Bonchev–Trinajstić information content (AvgIpc) is 1.99. The number of hydrogen-bond acceptors (Lipinski definition) is 2. The molecule has 0 amide bonds. The van der Waals surface area contributed by atoms with Gasteiger partial charge in [0.1, 0.15) is 6.10 Å². The van der Waals surface area contributed by atoms with Crippen LogP contribution in [0.5, 0.6) is 0 Å². The van der Waals surface area contributed by atoms with Gasteiger partial charge in [0.2, 0.25) is 6.29 Å². The molecule has 0 aromatic rings. The summed E-state index contributed by atoms with van der Waals surface area (Å²) in [5.74, 6) is 0. The van der Waals surface area contributed by atoms with Gasteiger partial charge >= 0.3 is 0 Å². The van der Waals surface area contributed by atoms with Gasteiger partial charge in [0.15, 0.2) is 0 Å². The van der Waals surface area contributed by atoms with E-state index < -0.39 is 0 Å². The molecule has 10 heavy (non-hydrogen) atoms. The van der Waals surface area contributed by atoms with Crippen molar-refractivity contribution in [3.8, 4) is 0 Å². The van der Waals surface area contributed by atoms with Crippen LogP contribution in [0, 0.1) is 0 Å². The van der Waals surface area contributed by atoms with Crippen molar-refractivity contribution in [3.05, 3.63) is 0 Å². The summed E-state index contributed by atoms with van der Waals surface area (Å²) in [5.41, 5.74) is 0. The number of unbranched alkanes of at least 4 members (excludes halogenated alkanes) is 2. The van der Waals surface area contributed by atoms with E-state index in [0.717, 1.165) is 12.8 Å². The van der Waals surface area contributed by atoms with E-state index in [9.17, 15) is 4.79 Å². The number of carbonyl (C=O) groups excluding carboxylic acids is 1. The summed E-state index contributed by atoms with van der Waals surface area (Å²) in [6, 6.07) is 0. The van der Waals surface area contributed by atoms with E-state index in [2.05, 4.69) is 6.92 Å². The summed E-state index contributed by atoms with van der Waals surface area (Å²) in [5, 5.41) is 0. The highest BCUT2D eigenvalue weighted by molar-refractivity contribution is 5.56. The van der Waals surface area contributed by atoms with Crippen LogP contribution >= 0.6 is 0 Å². The van der Waals surface area contributed by atoms with Crippen molar-refractivity contribution < 1.29 is 9.53 Å². The van der Waals surface area contributed by atoms with Gasteiger partial charge in [0.05, 0.1) is 0 Å². The minimum absolute atomic E-state index is 0.299. The average molecular weight is 143 g/mol. The maximum absolute atomic E-state index is 10.1. The van der Waals surface area contributed by atoms with Crippen LogP contribution in [0.15, 0.2) is 0 Å². The highest BCUT2D eigenvalue weighted by Crippen LogP contribution is 2.03. The molecule has 0 heterocycles. The van der Waals surface area contributed by atoms with E-state index in [-0.39, 0.29) is 6.10 Å². The molecule has 1 radical (unpaired) electrons. The van der Waals surface area contributed by atoms with Gasteiger partial charge in [-0.15, -0.1) is 0 Å². The molecule has 2 nitrogen and oxygen atoms in total. The van der Waals surface area contributed by atoms with E-state index in [0.29, 0.717) is 0 Å². The van der Waals surface area contributed by atoms with Crippen molar-refractivity contribution >= 4 is 6.29 Å². The quantitative estimate of drug-likeness (QED) is 0.529. The first-order chi connectivity index (χ1) is 4.85. The standard InChI is InChI=1S/C8H15O2/c1-3-4-5-6-8(7-9)10-2/h8H,3-6H2,1-2H3. The Kier molecular flexibility index (Phi) is 6.50. The van der Waals surface area contributed by atoms with Gasteiger partial charge < -0.3 is 4.74 Å². The lowest BCUT2D eigenvalue weighted by molar-refractivity contribution is 0.142. The predicted octanol–water partition coefficient (Wildman–Crippen LogP) is 1.69. The third-order valence-electron chi connectivity index (χ3n) is 1.49. The third kappa shape index (κ3) is 4.50. The van der Waals surface area contributed by atoms with E-state index in [1.807, 2.05) is 6.29 Å². The van der Waals surface area contributed by atoms with Gasteiger partial charge in [0.25, 0.3) is 0 Å². The fourth-order valence-corrected chi connectivity index (χ4v) is 0.805. The fraction of sp³-hybridized carbons (Fsp3) is 0.875. The Morgan fingerprint density at radius 1 is 1.50 bits per heavy atom. The lowest BCUT2D eigenvalue weighted by Gasteiger charge is -2.04. The third-order valence-corrected chi connectivity index (χ3v) is 1.49. The van der Waals surface area contributed by atoms with E-state index in [4.69, 9.17) is 4.74 Å². The van der Waals surface area contributed by atoms with Crippen LogP contribution in [-0.2, 0) is 9.53 Å². The first-order valence-corrected chi connectivity index (χ1v) is 3.75. The Morgan fingerprint density at radius 3 is 2.60 bits per heavy atom. The summed E-state index contributed by atoms with van der Waals surface area (Å²) in [6.07, 6.45) is 5.76. The van der Waals surface area contributed by atoms with Crippen molar-refractivity contribution in [2.75, 3.05) is 7.11 Å². The zero-order chi connectivity index (χ0) is 7.82. The second-order valence-electron chi connectivity index (χ2n) is 2.34. The predicted molar refractivity (Wildman–Crippen MR) is 40.6 cm³/mol. The molecular formula is C8H15O2. The largest absolute Gasteiger partial charge is 0.373 e. The van der Waals surface area contributed by atoms with Gasteiger partial charge in [-0.05, 0) is 6.42 Å². The second-order valence-corrected chi connectivity index (χ2v) is 2.34. The topological polar surface area (TPSA) is 26.3 Å². The van der Waals surface area contributed by atoms with Crippen LogP contribution in [0.4, 0.5) is 0 Å². The fourth-order valence-electron chi connectivity index (χ4n) is 0.805. The maximum Gasteiger partial charge on any atom is 0.229 e. The highest BCUT2D eigenvalue weighted by atomic mass is 16.5. The molecule has 1 atom stereocenters. The van der Waals surface area contributed by atoms with Crippen LogP contribution in [-0.4, -0.2) is 19.5 Å². The smallest absolute Gasteiger partial charge is 0.229 e. The van der Waals surface area contributed by atoms with Crippen molar-refractivity contribution in [2.24, 2.45) is 0 Å². The molecule has 0 aliphatic carbocycles. The number of ether oxygens (including phenoxy) is 1. The Morgan fingerprint density at radius 2 is 2.20 bits per heavy atom. The van der Waals surface area contributed by atoms with Crippen LogP contribution < -0.4 is 0 Å². The molecule has 0 aliphatic rings. The van der Waals surface area contributed by atoms with E-state index >= 15 is 0 Å². The first kappa shape index (κ1) is 9.63. The minimum Gasteiger partial charge on any atom is -0.373 e. The molecule has 1 unspecified atom stereocenters. The SMILES string of the molecule is CCCCCC([C]=O)OC. The van der Waals surface area contributed by atoms with Gasteiger partial charge in [-0.25, -0.2) is 0 Å². The molecule has 0 saturated heterocycles. The molecule has 0 aromatic heterocycles. The van der Waals surface area contributed by atoms with Crippen molar-refractivity contribution in [2.45, 2.75) is 38.7 Å². The maximum atomic E-state index is 10.1. The molecule has 59 valence electrons. The molecule has 0 aromatic carbocycles. The number of hydrogen-bond donors (Lipinski definition) is 0. The van der Waals surface area contributed by atoms with Gasteiger partial charge in [-0.1, -0.05) is 26.2 Å². The van der Waals surface area contributed by atoms with Crippen LogP contribution in [0.25, 0.3) is 0 Å². The molecular weight excluding hydrogens is 128 g/mol. The molecule has 0 rings (SSSR count). The molecule has 0 bridgehead atoms. The van der Waals surface area contributed by atoms with E-state index in [1.165, 1.54) is 12.8 Å². The van der Waals surface area contributed by atoms with Gasteiger partial charge in [-0.3, -0.25) is 4.79 Å². The van der Waals surface area contributed by atoms with Gasteiger partial charge in [-0.2, -0.15) is 0 Å². The molecule has 0 N–H and O–H groups in total. The molecule has 0 aliphatic heterocycles. The zero-order valence-corrected chi connectivity index (χ0v) is 6.72. The summed E-state index contributed by atoms with van der Waals surface area (Å²) >= 11 is 0. The normalized spacial score (nSPS) is 13.0. The first-order valence-electron chi connectivity index (χ1n) is 3.75. The Bertz CT molecular complexity index is 81.3. The molecule has 2 heteroatoms. The van der Waals surface area contributed by atoms with Crippen molar-refractivity contribution in [1.29, 1.82) is 0 Å².